The lowest BCUT2D eigenvalue weighted by Gasteiger charge is -2.12. The predicted molar refractivity (Wildman–Crippen MR) is 75.7 cm³/mol. The zero-order chi connectivity index (χ0) is 16.3. The third-order valence-electron chi connectivity index (χ3n) is 2.75. The first-order valence-electron chi connectivity index (χ1n) is 6.19. The van der Waals surface area contributed by atoms with E-state index in [9.17, 15) is 23.2 Å². The minimum atomic E-state index is -1.65. The molecule has 0 spiro atoms. The molecule has 0 unspecified atom stereocenters. The summed E-state index contributed by atoms with van der Waals surface area (Å²) in [5, 5.41) is 13.2. The van der Waals surface area contributed by atoms with E-state index in [1.54, 1.807) is 12.1 Å². The number of carbonyl (C=O) groups is 1. The van der Waals surface area contributed by atoms with Gasteiger partial charge in [-0.15, -0.1) is 0 Å². The van der Waals surface area contributed by atoms with Crippen LogP contribution in [0.25, 0.3) is 0 Å². The Morgan fingerprint density at radius 1 is 1.23 bits per heavy atom. The monoisotopic (exact) mass is 328 g/mol. The number of nitrogens with zero attached hydrogens (tertiary/aromatic N) is 1. The molecule has 1 N–H and O–H groups in total. The number of benzene rings is 1. The fourth-order valence-corrected chi connectivity index (χ4v) is 2.45. The molecule has 0 aliphatic carbocycles. The molecule has 1 aromatic heterocycles. The quantitative estimate of drug-likeness (QED) is 0.406. The summed E-state index contributed by atoms with van der Waals surface area (Å²) in [6.07, 6.45) is 1.28. The van der Waals surface area contributed by atoms with Gasteiger partial charge < -0.3 is 10.5 Å². The molecule has 4 nitrogen and oxygen atoms in total. The van der Waals surface area contributed by atoms with E-state index in [2.05, 4.69) is 5.32 Å². The van der Waals surface area contributed by atoms with Gasteiger partial charge in [0.1, 0.15) is 0 Å². The number of amides is 1. The Bertz CT molecular complexity index is 712. The summed E-state index contributed by atoms with van der Waals surface area (Å²) >= 11 is 0.959. The van der Waals surface area contributed by atoms with Gasteiger partial charge in [-0.3, -0.25) is 4.79 Å². The molecule has 116 valence electrons. The fraction of sp³-hybridized carbons (Fsp3) is 0.143. The highest BCUT2D eigenvalue weighted by Gasteiger charge is 2.21. The number of anilines is 1. The van der Waals surface area contributed by atoms with Crippen LogP contribution in [-0.2, 0) is 4.79 Å². The van der Waals surface area contributed by atoms with E-state index in [4.69, 9.17) is 0 Å². The van der Waals surface area contributed by atoms with Crippen molar-refractivity contribution in [3.8, 4) is 0 Å². The second kappa shape index (κ2) is 6.69. The number of thioether (sulfide) groups is 1. The largest absolute Gasteiger partial charge is 0.618 e. The van der Waals surface area contributed by atoms with E-state index >= 15 is 0 Å². The Labute approximate surface area is 128 Å². The van der Waals surface area contributed by atoms with Crippen molar-refractivity contribution >= 4 is 23.4 Å². The van der Waals surface area contributed by atoms with E-state index < -0.39 is 34.3 Å². The zero-order valence-electron chi connectivity index (χ0n) is 11.3. The third kappa shape index (κ3) is 3.51. The summed E-state index contributed by atoms with van der Waals surface area (Å²) in [5.41, 5.74) is -0.459. The number of hydrogen-bond acceptors (Lipinski definition) is 3. The molecule has 8 heteroatoms. The highest BCUT2D eigenvalue weighted by Crippen LogP contribution is 2.23. The van der Waals surface area contributed by atoms with Crippen LogP contribution in [0.15, 0.2) is 41.6 Å². The smallest absolute Gasteiger partial charge is 0.252 e. The maximum Gasteiger partial charge on any atom is 0.252 e. The first-order chi connectivity index (χ1) is 10.4. The van der Waals surface area contributed by atoms with Crippen LogP contribution in [0.3, 0.4) is 0 Å². The number of halogens is 3. The SMILES string of the molecule is C[C@@H](Sc1cccc[n+]1[O-])C(=O)Nc1ccc(F)c(F)c1F. The Morgan fingerprint density at radius 2 is 1.95 bits per heavy atom. The average molecular weight is 328 g/mol. The summed E-state index contributed by atoms with van der Waals surface area (Å²) < 4.78 is 40.0. The van der Waals surface area contributed by atoms with Crippen LogP contribution in [-0.4, -0.2) is 11.2 Å². The summed E-state index contributed by atoms with van der Waals surface area (Å²) in [6.45, 7) is 1.50. The van der Waals surface area contributed by atoms with E-state index in [0.717, 1.165) is 17.8 Å². The lowest BCUT2D eigenvalue weighted by atomic mass is 10.2. The normalized spacial score (nSPS) is 12.0. The van der Waals surface area contributed by atoms with E-state index in [-0.39, 0.29) is 5.03 Å². The zero-order valence-corrected chi connectivity index (χ0v) is 12.2. The first-order valence-corrected chi connectivity index (χ1v) is 7.07. The molecule has 0 aliphatic rings. The molecule has 0 radical (unpaired) electrons. The van der Waals surface area contributed by atoms with Crippen molar-refractivity contribution in [3.05, 3.63) is 59.2 Å². The number of pyridine rings is 1. The topological polar surface area (TPSA) is 56.0 Å². The lowest BCUT2D eigenvalue weighted by molar-refractivity contribution is -0.645. The highest BCUT2D eigenvalue weighted by atomic mass is 32.2. The van der Waals surface area contributed by atoms with Crippen LogP contribution in [0.5, 0.6) is 0 Å². The maximum absolute atomic E-state index is 13.5. The van der Waals surface area contributed by atoms with Crippen molar-refractivity contribution < 1.29 is 22.7 Å². The van der Waals surface area contributed by atoms with Crippen molar-refractivity contribution in [2.24, 2.45) is 0 Å². The van der Waals surface area contributed by atoms with Gasteiger partial charge in [0.2, 0.25) is 5.91 Å². The minimum absolute atomic E-state index is 0.288. The van der Waals surface area contributed by atoms with Gasteiger partial charge in [0.15, 0.2) is 23.6 Å². The molecule has 1 aromatic carbocycles. The second-order valence-electron chi connectivity index (χ2n) is 4.34. The maximum atomic E-state index is 13.5. The highest BCUT2D eigenvalue weighted by molar-refractivity contribution is 8.00. The Balaban J connectivity index is 2.09. The number of rotatable bonds is 4. The average Bonchev–Trinajstić information content (AvgIpc) is 2.50. The summed E-state index contributed by atoms with van der Waals surface area (Å²) in [5.74, 6) is -5.10. The predicted octanol–water partition coefficient (Wildman–Crippen LogP) is 2.86. The van der Waals surface area contributed by atoms with Crippen LogP contribution in [0, 0.1) is 22.7 Å². The van der Waals surface area contributed by atoms with Crippen LogP contribution in [0.2, 0.25) is 0 Å². The summed E-state index contributed by atoms with van der Waals surface area (Å²) in [7, 11) is 0. The molecule has 1 amide bonds. The number of hydrogen-bond donors (Lipinski definition) is 1. The van der Waals surface area contributed by atoms with Crippen molar-refractivity contribution in [2.45, 2.75) is 17.2 Å². The molecule has 0 saturated heterocycles. The molecule has 22 heavy (non-hydrogen) atoms. The molecular formula is C14H11F3N2O2S. The van der Waals surface area contributed by atoms with E-state index in [1.165, 1.54) is 19.2 Å². The molecule has 0 bridgehead atoms. The summed E-state index contributed by atoms with van der Waals surface area (Å²) in [6, 6.07) is 6.35. The molecule has 2 rings (SSSR count). The van der Waals surface area contributed by atoms with Gasteiger partial charge in [-0.2, -0.15) is 4.73 Å². The molecule has 0 aliphatic heterocycles. The minimum Gasteiger partial charge on any atom is -0.618 e. The number of aromatic nitrogens is 1. The molecular weight excluding hydrogens is 317 g/mol. The fourth-order valence-electron chi connectivity index (χ4n) is 1.60. The number of nitrogens with one attached hydrogen (secondary N) is 1. The van der Waals surface area contributed by atoms with Crippen molar-refractivity contribution in [1.82, 2.24) is 0 Å². The second-order valence-corrected chi connectivity index (χ2v) is 5.70. The molecule has 0 saturated carbocycles. The molecule has 1 heterocycles. The number of carbonyl (C=O) groups excluding carboxylic acids is 1. The van der Waals surface area contributed by atoms with E-state index in [0.29, 0.717) is 10.8 Å². The van der Waals surface area contributed by atoms with Crippen LogP contribution in [0.4, 0.5) is 18.9 Å². The van der Waals surface area contributed by atoms with Crippen molar-refractivity contribution in [1.29, 1.82) is 0 Å². The lowest BCUT2D eigenvalue weighted by Crippen LogP contribution is -2.30. The Hall–Kier alpha value is -2.22. The molecule has 1 atom stereocenters. The van der Waals surface area contributed by atoms with Gasteiger partial charge in [-0.25, -0.2) is 13.2 Å². The molecule has 2 aromatic rings. The first kappa shape index (κ1) is 16.2. The van der Waals surface area contributed by atoms with Gasteiger partial charge in [0.05, 0.1) is 10.9 Å². The van der Waals surface area contributed by atoms with E-state index in [1.807, 2.05) is 0 Å². The summed E-state index contributed by atoms with van der Waals surface area (Å²) in [4.78, 5) is 12.0. The van der Waals surface area contributed by atoms with Gasteiger partial charge in [-0.05, 0) is 36.9 Å². The Morgan fingerprint density at radius 3 is 2.64 bits per heavy atom. The van der Waals surface area contributed by atoms with Gasteiger partial charge >= 0.3 is 0 Å². The van der Waals surface area contributed by atoms with Crippen LogP contribution >= 0.6 is 11.8 Å². The standard InChI is InChI=1S/C14H11F3N2O2S/c1-8(22-11-4-2-3-7-19(11)21)14(20)18-10-6-5-9(15)12(16)13(10)17/h2-8H,1H3,(H,18,20)/t8-/m1/s1. The van der Waals surface area contributed by atoms with Gasteiger partial charge in [0, 0.05) is 12.1 Å². The van der Waals surface area contributed by atoms with Gasteiger partial charge in [-0.1, -0.05) is 0 Å². The molecule has 0 fully saturated rings. The van der Waals surface area contributed by atoms with Gasteiger partial charge in [0.25, 0.3) is 5.03 Å². The van der Waals surface area contributed by atoms with Crippen molar-refractivity contribution in [3.63, 3.8) is 0 Å². The van der Waals surface area contributed by atoms with Crippen molar-refractivity contribution in [2.75, 3.05) is 5.32 Å². The Kier molecular flexibility index (Phi) is 4.92. The van der Waals surface area contributed by atoms with Crippen LogP contribution in [0.1, 0.15) is 6.92 Å². The van der Waals surface area contributed by atoms with Crippen LogP contribution < -0.4 is 10.0 Å². The third-order valence-corrected chi connectivity index (χ3v) is 3.87.